The summed E-state index contributed by atoms with van der Waals surface area (Å²) in [5.41, 5.74) is 0.390. The Labute approximate surface area is 93.0 Å². The third-order valence-corrected chi connectivity index (χ3v) is 3.53. The van der Waals surface area contributed by atoms with E-state index in [0.29, 0.717) is 17.9 Å². The highest BCUT2D eigenvalue weighted by Crippen LogP contribution is 2.35. The number of nitrogens with one attached hydrogen (secondary N) is 2. The summed E-state index contributed by atoms with van der Waals surface area (Å²) >= 11 is 0. The zero-order valence-corrected chi connectivity index (χ0v) is 10.2. The fraction of sp³-hybridized carbons (Fsp3) is 0.917. The molecule has 1 atom stereocenters. The Morgan fingerprint density at radius 2 is 2.13 bits per heavy atom. The summed E-state index contributed by atoms with van der Waals surface area (Å²) in [7, 11) is 1.69. The third-order valence-electron chi connectivity index (χ3n) is 3.53. The van der Waals surface area contributed by atoms with Crippen molar-refractivity contribution in [2.45, 2.75) is 52.0 Å². The molecule has 0 saturated heterocycles. The molecule has 15 heavy (non-hydrogen) atoms. The lowest BCUT2D eigenvalue weighted by atomic mass is 9.73. The smallest absolute Gasteiger partial charge is 0.221 e. The van der Waals surface area contributed by atoms with Crippen LogP contribution in [0.3, 0.4) is 0 Å². The number of hydrogen-bond acceptors (Lipinski definition) is 2. The second-order valence-electron chi connectivity index (χ2n) is 5.16. The highest BCUT2D eigenvalue weighted by Gasteiger charge is 2.31. The minimum absolute atomic E-state index is 0.121. The van der Waals surface area contributed by atoms with Crippen molar-refractivity contribution in [1.29, 1.82) is 0 Å². The molecule has 1 aliphatic carbocycles. The fourth-order valence-electron chi connectivity index (χ4n) is 2.36. The maximum Gasteiger partial charge on any atom is 0.221 e. The quantitative estimate of drug-likeness (QED) is 0.744. The number of hydrogen-bond donors (Lipinski definition) is 2. The van der Waals surface area contributed by atoms with E-state index in [-0.39, 0.29) is 5.91 Å². The van der Waals surface area contributed by atoms with Crippen molar-refractivity contribution < 1.29 is 4.79 Å². The molecule has 1 rings (SSSR count). The summed E-state index contributed by atoms with van der Waals surface area (Å²) in [4.78, 5) is 11.1. The molecule has 1 saturated carbocycles. The molecule has 2 N–H and O–H groups in total. The van der Waals surface area contributed by atoms with Crippen LogP contribution >= 0.6 is 0 Å². The van der Waals surface area contributed by atoms with Crippen LogP contribution in [-0.2, 0) is 4.79 Å². The standard InChI is InChI=1S/C12H24N2O/c1-12(2)8-5-4-6-10(12)14-9-7-11(15)13-3/h10,14H,4-9H2,1-3H3,(H,13,15). The van der Waals surface area contributed by atoms with E-state index in [1.54, 1.807) is 7.05 Å². The van der Waals surface area contributed by atoms with E-state index in [1.165, 1.54) is 25.7 Å². The predicted octanol–water partition coefficient (Wildman–Crippen LogP) is 1.68. The first-order valence-electron chi connectivity index (χ1n) is 6.00. The lowest BCUT2D eigenvalue weighted by molar-refractivity contribution is -0.120. The Hall–Kier alpha value is -0.570. The number of carbonyl (C=O) groups excluding carboxylic acids is 1. The zero-order valence-electron chi connectivity index (χ0n) is 10.2. The van der Waals surface area contributed by atoms with E-state index in [0.717, 1.165) is 6.54 Å². The molecule has 88 valence electrons. The molecule has 0 aliphatic heterocycles. The van der Waals surface area contributed by atoms with Gasteiger partial charge in [-0.25, -0.2) is 0 Å². The van der Waals surface area contributed by atoms with Gasteiger partial charge in [-0.05, 0) is 18.3 Å². The summed E-state index contributed by atoms with van der Waals surface area (Å²) in [5.74, 6) is 0.121. The van der Waals surface area contributed by atoms with Gasteiger partial charge in [0.2, 0.25) is 5.91 Å². The van der Waals surface area contributed by atoms with E-state index >= 15 is 0 Å². The van der Waals surface area contributed by atoms with Gasteiger partial charge in [-0.1, -0.05) is 26.7 Å². The molecule has 0 aromatic heterocycles. The summed E-state index contributed by atoms with van der Waals surface area (Å²) in [5, 5.41) is 6.16. The van der Waals surface area contributed by atoms with Gasteiger partial charge in [0.25, 0.3) is 0 Å². The van der Waals surface area contributed by atoms with E-state index in [2.05, 4.69) is 24.5 Å². The maximum atomic E-state index is 11.1. The van der Waals surface area contributed by atoms with Crippen molar-refractivity contribution in [3.63, 3.8) is 0 Å². The normalized spacial score (nSPS) is 24.9. The van der Waals surface area contributed by atoms with Crippen LogP contribution < -0.4 is 10.6 Å². The first kappa shape index (κ1) is 12.5. The van der Waals surface area contributed by atoms with Crippen LogP contribution in [0.2, 0.25) is 0 Å². The Morgan fingerprint density at radius 1 is 1.40 bits per heavy atom. The zero-order chi connectivity index (χ0) is 11.3. The van der Waals surface area contributed by atoms with E-state index in [9.17, 15) is 4.79 Å². The predicted molar refractivity (Wildman–Crippen MR) is 62.7 cm³/mol. The van der Waals surface area contributed by atoms with Crippen molar-refractivity contribution in [2.24, 2.45) is 5.41 Å². The minimum atomic E-state index is 0.121. The molecule has 1 aliphatic rings. The van der Waals surface area contributed by atoms with Crippen molar-refractivity contribution in [3.05, 3.63) is 0 Å². The first-order chi connectivity index (χ1) is 7.06. The molecule has 0 bridgehead atoms. The Bertz CT molecular complexity index is 214. The van der Waals surface area contributed by atoms with Gasteiger partial charge in [-0.2, -0.15) is 0 Å². The molecule has 3 heteroatoms. The highest BCUT2D eigenvalue weighted by molar-refractivity contribution is 5.75. The van der Waals surface area contributed by atoms with E-state index < -0.39 is 0 Å². The molecule has 0 aromatic rings. The van der Waals surface area contributed by atoms with Crippen LogP contribution in [0.1, 0.15) is 46.0 Å². The molecule has 0 radical (unpaired) electrons. The van der Waals surface area contributed by atoms with Gasteiger partial charge in [0.05, 0.1) is 0 Å². The Morgan fingerprint density at radius 3 is 2.73 bits per heavy atom. The molecule has 0 spiro atoms. The molecule has 1 amide bonds. The van der Waals surface area contributed by atoms with Gasteiger partial charge >= 0.3 is 0 Å². The van der Waals surface area contributed by atoms with Gasteiger partial charge in [-0.3, -0.25) is 4.79 Å². The second-order valence-corrected chi connectivity index (χ2v) is 5.16. The first-order valence-corrected chi connectivity index (χ1v) is 6.00. The highest BCUT2D eigenvalue weighted by atomic mass is 16.1. The lowest BCUT2D eigenvalue weighted by Gasteiger charge is -2.39. The summed E-state index contributed by atoms with van der Waals surface area (Å²) < 4.78 is 0. The Balaban J connectivity index is 2.27. The molecule has 3 nitrogen and oxygen atoms in total. The van der Waals surface area contributed by atoms with Crippen LogP contribution in [-0.4, -0.2) is 25.5 Å². The van der Waals surface area contributed by atoms with Crippen LogP contribution in [0.25, 0.3) is 0 Å². The third kappa shape index (κ3) is 3.82. The SMILES string of the molecule is CNC(=O)CCNC1CCCCC1(C)C. The minimum Gasteiger partial charge on any atom is -0.359 e. The number of carbonyl (C=O) groups is 1. The second kappa shape index (κ2) is 5.50. The van der Waals surface area contributed by atoms with Gasteiger partial charge in [0.15, 0.2) is 0 Å². The van der Waals surface area contributed by atoms with Gasteiger partial charge in [0, 0.05) is 26.1 Å². The molecular formula is C12H24N2O. The van der Waals surface area contributed by atoms with Crippen molar-refractivity contribution in [3.8, 4) is 0 Å². The monoisotopic (exact) mass is 212 g/mol. The van der Waals surface area contributed by atoms with Crippen molar-refractivity contribution >= 4 is 5.91 Å². The van der Waals surface area contributed by atoms with Gasteiger partial charge < -0.3 is 10.6 Å². The van der Waals surface area contributed by atoms with Crippen LogP contribution in [0, 0.1) is 5.41 Å². The van der Waals surface area contributed by atoms with E-state index in [4.69, 9.17) is 0 Å². The molecular weight excluding hydrogens is 188 g/mol. The number of amides is 1. The molecule has 1 fully saturated rings. The number of rotatable bonds is 4. The van der Waals surface area contributed by atoms with Gasteiger partial charge in [0.1, 0.15) is 0 Å². The molecule has 1 unspecified atom stereocenters. The lowest BCUT2D eigenvalue weighted by Crippen LogP contribution is -2.45. The average molecular weight is 212 g/mol. The Kier molecular flexibility index (Phi) is 4.58. The van der Waals surface area contributed by atoms with Crippen LogP contribution in [0.4, 0.5) is 0 Å². The molecule has 0 heterocycles. The summed E-state index contributed by atoms with van der Waals surface area (Å²) in [6, 6.07) is 0.580. The van der Waals surface area contributed by atoms with E-state index in [1.807, 2.05) is 0 Å². The van der Waals surface area contributed by atoms with Crippen LogP contribution in [0.15, 0.2) is 0 Å². The molecule has 0 aromatic carbocycles. The summed E-state index contributed by atoms with van der Waals surface area (Å²) in [6.07, 6.45) is 5.80. The van der Waals surface area contributed by atoms with Gasteiger partial charge in [-0.15, -0.1) is 0 Å². The van der Waals surface area contributed by atoms with Crippen molar-refractivity contribution in [2.75, 3.05) is 13.6 Å². The average Bonchev–Trinajstić information content (AvgIpc) is 2.20. The maximum absolute atomic E-state index is 11.1. The largest absolute Gasteiger partial charge is 0.359 e. The van der Waals surface area contributed by atoms with Crippen LogP contribution in [0.5, 0.6) is 0 Å². The topological polar surface area (TPSA) is 41.1 Å². The summed E-state index contributed by atoms with van der Waals surface area (Å²) in [6.45, 7) is 5.45. The fourth-order valence-corrected chi connectivity index (χ4v) is 2.36. The van der Waals surface area contributed by atoms with Crippen molar-refractivity contribution in [1.82, 2.24) is 10.6 Å².